The summed E-state index contributed by atoms with van der Waals surface area (Å²) < 4.78 is 13.5. The van der Waals surface area contributed by atoms with Crippen molar-refractivity contribution in [3.8, 4) is 0 Å². The maximum Gasteiger partial charge on any atom is 0.338 e. The van der Waals surface area contributed by atoms with Crippen molar-refractivity contribution in [3.05, 3.63) is 35.1 Å². The summed E-state index contributed by atoms with van der Waals surface area (Å²) in [5, 5.41) is 12.1. The van der Waals surface area contributed by atoms with Gasteiger partial charge in [-0.3, -0.25) is 0 Å². The van der Waals surface area contributed by atoms with Crippen LogP contribution in [0.3, 0.4) is 0 Å². The van der Waals surface area contributed by atoms with E-state index >= 15 is 0 Å². The fraction of sp³-hybridized carbons (Fsp3) is 0.533. The zero-order chi connectivity index (χ0) is 15.1. The van der Waals surface area contributed by atoms with Crippen molar-refractivity contribution in [1.82, 2.24) is 10.2 Å². The van der Waals surface area contributed by atoms with E-state index in [9.17, 15) is 9.18 Å². The van der Waals surface area contributed by atoms with Gasteiger partial charge in [-0.2, -0.15) is 0 Å². The molecule has 1 unspecified atom stereocenters. The van der Waals surface area contributed by atoms with Crippen LogP contribution in [0.15, 0.2) is 18.2 Å². The summed E-state index contributed by atoms with van der Waals surface area (Å²) in [6.07, 6.45) is 0. The molecule has 0 aromatic heterocycles. The SMILES string of the molecule is CCN(CC)CC(C)NCc1ccc(C(=O)O)c(F)c1. The van der Waals surface area contributed by atoms with Gasteiger partial charge in [-0.25, -0.2) is 9.18 Å². The molecule has 2 N–H and O–H groups in total. The van der Waals surface area contributed by atoms with Crippen LogP contribution < -0.4 is 5.32 Å². The molecule has 20 heavy (non-hydrogen) atoms. The van der Waals surface area contributed by atoms with Gasteiger partial charge >= 0.3 is 5.97 Å². The van der Waals surface area contributed by atoms with Gasteiger partial charge in [0.1, 0.15) is 5.82 Å². The molecule has 1 aromatic rings. The Balaban J connectivity index is 2.53. The summed E-state index contributed by atoms with van der Waals surface area (Å²) in [7, 11) is 0. The number of nitrogens with one attached hydrogen (secondary N) is 1. The molecule has 0 aliphatic rings. The average Bonchev–Trinajstić information content (AvgIpc) is 2.42. The maximum absolute atomic E-state index is 13.5. The molecule has 0 spiro atoms. The highest BCUT2D eigenvalue weighted by Gasteiger charge is 2.11. The molecule has 0 saturated heterocycles. The molecule has 1 rings (SSSR count). The van der Waals surface area contributed by atoms with Crippen LogP contribution in [0.5, 0.6) is 0 Å². The topological polar surface area (TPSA) is 52.6 Å². The van der Waals surface area contributed by atoms with E-state index in [4.69, 9.17) is 5.11 Å². The number of halogens is 1. The highest BCUT2D eigenvalue weighted by molar-refractivity contribution is 5.87. The van der Waals surface area contributed by atoms with E-state index in [0.717, 1.165) is 25.2 Å². The van der Waals surface area contributed by atoms with Crippen LogP contribution in [0.2, 0.25) is 0 Å². The molecular weight excluding hydrogens is 259 g/mol. The van der Waals surface area contributed by atoms with Gasteiger partial charge in [-0.15, -0.1) is 0 Å². The first kappa shape index (κ1) is 16.6. The summed E-state index contributed by atoms with van der Waals surface area (Å²) in [5.41, 5.74) is 0.462. The van der Waals surface area contributed by atoms with Gasteiger partial charge in [-0.1, -0.05) is 19.9 Å². The van der Waals surface area contributed by atoms with E-state index in [0.29, 0.717) is 6.54 Å². The molecule has 0 saturated carbocycles. The van der Waals surface area contributed by atoms with E-state index < -0.39 is 11.8 Å². The maximum atomic E-state index is 13.5. The van der Waals surface area contributed by atoms with Crippen molar-refractivity contribution in [2.75, 3.05) is 19.6 Å². The molecule has 0 amide bonds. The van der Waals surface area contributed by atoms with Gasteiger partial charge in [0.05, 0.1) is 5.56 Å². The molecule has 0 fully saturated rings. The lowest BCUT2D eigenvalue weighted by Crippen LogP contribution is -2.38. The Morgan fingerprint density at radius 1 is 1.40 bits per heavy atom. The summed E-state index contributed by atoms with van der Waals surface area (Å²) in [6.45, 7) is 9.80. The smallest absolute Gasteiger partial charge is 0.338 e. The van der Waals surface area contributed by atoms with Gasteiger partial charge in [0.2, 0.25) is 0 Å². The number of hydrogen-bond donors (Lipinski definition) is 2. The summed E-state index contributed by atoms with van der Waals surface area (Å²) in [4.78, 5) is 13.0. The van der Waals surface area contributed by atoms with Gasteiger partial charge in [0.15, 0.2) is 0 Å². The Hall–Kier alpha value is -1.46. The molecule has 112 valence electrons. The lowest BCUT2D eigenvalue weighted by molar-refractivity contribution is 0.0692. The fourth-order valence-corrected chi connectivity index (χ4v) is 2.07. The lowest BCUT2D eigenvalue weighted by Gasteiger charge is -2.23. The van der Waals surface area contributed by atoms with E-state index in [1.807, 2.05) is 0 Å². The fourth-order valence-electron chi connectivity index (χ4n) is 2.07. The summed E-state index contributed by atoms with van der Waals surface area (Å²) >= 11 is 0. The van der Waals surface area contributed by atoms with Crippen molar-refractivity contribution < 1.29 is 14.3 Å². The Morgan fingerprint density at radius 2 is 2.05 bits per heavy atom. The number of likely N-dealkylation sites (N-methyl/N-ethyl adjacent to an activating group) is 1. The standard InChI is InChI=1S/C15H23FN2O2/c1-4-18(5-2)10-11(3)17-9-12-6-7-13(15(19)20)14(16)8-12/h6-8,11,17H,4-5,9-10H2,1-3H3,(H,19,20). The molecule has 0 bridgehead atoms. The number of carbonyl (C=O) groups is 1. The third-order valence-electron chi connectivity index (χ3n) is 3.35. The van der Waals surface area contributed by atoms with Crippen LogP contribution >= 0.6 is 0 Å². The summed E-state index contributed by atoms with van der Waals surface area (Å²) in [5.74, 6) is -1.93. The number of rotatable bonds is 8. The molecular formula is C15H23FN2O2. The van der Waals surface area contributed by atoms with Gasteiger partial charge in [0.25, 0.3) is 0 Å². The monoisotopic (exact) mass is 282 g/mol. The van der Waals surface area contributed by atoms with Crippen molar-refractivity contribution in [2.24, 2.45) is 0 Å². The van der Waals surface area contributed by atoms with Crippen molar-refractivity contribution in [1.29, 1.82) is 0 Å². The lowest BCUT2D eigenvalue weighted by atomic mass is 10.1. The molecule has 1 aromatic carbocycles. The quantitative estimate of drug-likeness (QED) is 0.768. The van der Waals surface area contributed by atoms with Gasteiger partial charge in [0, 0.05) is 19.1 Å². The molecule has 4 nitrogen and oxygen atoms in total. The Bertz CT molecular complexity index is 447. The number of nitrogens with zero attached hydrogens (tertiary/aromatic N) is 1. The first-order valence-corrected chi connectivity index (χ1v) is 6.95. The van der Waals surface area contributed by atoms with Crippen LogP contribution in [0.25, 0.3) is 0 Å². The van der Waals surface area contributed by atoms with Crippen molar-refractivity contribution >= 4 is 5.97 Å². The predicted molar refractivity (Wildman–Crippen MR) is 77.4 cm³/mol. The number of carboxylic acid groups (broad SMARTS) is 1. The van der Waals surface area contributed by atoms with Crippen LogP contribution in [0, 0.1) is 5.82 Å². The highest BCUT2D eigenvalue weighted by Crippen LogP contribution is 2.10. The van der Waals surface area contributed by atoms with Gasteiger partial charge < -0.3 is 15.3 Å². The normalized spacial score (nSPS) is 12.7. The average molecular weight is 282 g/mol. The summed E-state index contributed by atoms with van der Waals surface area (Å²) in [6, 6.07) is 4.52. The largest absolute Gasteiger partial charge is 0.478 e. The minimum atomic E-state index is -1.24. The molecule has 1 atom stereocenters. The second-order valence-electron chi connectivity index (χ2n) is 4.89. The Labute approximate surface area is 119 Å². The van der Waals surface area contributed by atoms with Gasteiger partial charge in [-0.05, 0) is 37.7 Å². The van der Waals surface area contributed by atoms with E-state index in [1.54, 1.807) is 6.07 Å². The van der Waals surface area contributed by atoms with E-state index in [1.165, 1.54) is 12.1 Å². The molecule has 0 radical (unpaired) electrons. The molecule has 5 heteroatoms. The van der Waals surface area contributed by atoms with Crippen LogP contribution in [0.4, 0.5) is 4.39 Å². The third-order valence-corrected chi connectivity index (χ3v) is 3.35. The first-order valence-electron chi connectivity index (χ1n) is 6.95. The minimum absolute atomic E-state index is 0.287. The molecule has 0 heterocycles. The van der Waals surface area contributed by atoms with Crippen LogP contribution in [-0.4, -0.2) is 41.7 Å². The first-order chi connectivity index (χ1) is 9.47. The Morgan fingerprint density at radius 3 is 2.55 bits per heavy atom. The highest BCUT2D eigenvalue weighted by atomic mass is 19.1. The third kappa shape index (κ3) is 4.90. The minimum Gasteiger partial charge on any atom is -0.478 e. The number of benzene rings is 1. The second kappa shape index (κ2) is 7.97. The van der Waals surface area contributed by atoms with Crippen molar-refractivity contribution in [2.45, 2.75) is 33.4 Å². The number of hydrogen-bond acceptors (Lipinski definition) is 3. The second-order valence-corrected chi connectivity index (χ2v) is 4.89. The van der Waals surface area contributed by atoms with Crippen molar-refractivity contribution in [3.63, 3.8) is 0 Å². The zero-order valence-electron chi connectivity index (χ0n) is 12.3. The zero-order valence-corrected chi connectivity index (χ0v) is 12.3. The molecule has 0 aliphatic carbocycles. The van der Waals surface area contributed by atoms with E-state index in [2.05, 4.69) is 31.0 Å². The van der Waals surface area contributed by atoms with E-state index in [-0.39, 0.29) is 11.6 Å². The Kier molecular flexibility index (Phi) is 6.61. The van der Waals surface area contributed by atoms with Crippen LogP contribution in [0.1, 0.15) is 36.7 Å². The number of carboxylic acids is 1. The molecule has 0 aliphatic heterocycles. The van der Waals surface area contributed by atoms with Crippen LogP contribution in [-0.2, 0) is 6.54 Å². The number of aromatic carboxylic acids is 1. The predicted octanol–water partition coefficient (Wildman–Crippen LogP) is 2.34.